The van der Waals surface area contributed by atoms with Gasteiger partial charge in [0.05, 0.1) is 0 Å². The molecule has 0 bridgehead atoms. The molecule has 3 aromatic rings. The number of amides is 2. The molecule has 2 aromatic carbocycles. The number of halogens is 1. The van der Waals surface area contributed by atoms with E-state index in [1.54, 1.807) is 36.5 Å². The van der Waals surface area contributed by atoms with E-state index in [0.717, 1.165) is 15.6 Å². The fourth-order valence-electron chi connectivity index (χ4n) is 2.76. The third-order valence-electron chi connectivity index (χ3n) is 4.29. The van der Waals surface area contributed by atoms with E-state index in [-0.39, 0.29) is 23.9 Å². The zero-order chi connectivity index (χ0) is 21.0. The predicted octanol–water partition coefficient (Wildman–Crippen LogP) is 4.12. The first kappa shape index (κ1) is 20.5. The molecule has 7 heteroatoms. The van der Waals surface area contributed by atoms with Crippen molar-refractivity contribution in [3.63, 3.8) is 0 Å². The van der Waals surface area contributed by atoms with Crippen LogP contribution in [0.5, 0.6) is 0 Å². The largest absolute Gasteiger partial charge is 0.325 e. The standard InChI is InChI=1S/C22H20BrN3O3/c1-14-3-10-21(28)26(12-14)13-20(27)24-17-6-4-16(5-7-17)22(29)25-18-8-9-19(23)15(2)11-18/h3-12H,13H2,1-2H3,(H,24,27)(H,25,29). The summed E-state index contributed by atoms with van der Waals surface area (Å²) >= 11 is 3.43. The summed E-state index contributed by atoms with van der Waals surface area (Å²) in [6.45, 7) is 3.72. The topological polar surface area (TPSA) is 80.2 Å². The van der Waals surface area contributed by atoms with Crippen LogP contribution in [0.4, 0.5) is 11.4 Å². The molecule has 0 unspecified atom stereocenters. The molecule has 0 aliphatic heterocycles. The summed E-state index contributed by atoms with van der Waals surface area (Å²) in [6.07, 6.45) is 1.64. The molecule has 1 heterocycles. The minimum Gasteiger partial charge on any atom is -0.325 e. The zero-order valence-electron chi connectivity index (χ0n) is 16.0. The number of hydrogen-bond donors (Lipinski definition) is 2. The maximum Gasteiger partial charge on any atom is 0.255 e. The normalized spacial score (nSPS) is 10.4. The molecule has 0 fully saturated rings. The van der Waals surface area contributed by atoms with Crippen LogP contribution in [0.25, 0.3) is 0 Å². The van der Waals surface area contributed by atoms with Gasteiger partial charge in [0.2, 0.25) is 5.91 Å². The average molecular weight is 454 g/mol. The quantitative estimate of drug-likeness (QED) is 0.609. The fourth-order valence-corrected chi connectivity index (χ4v) is 3.01. The summed E-state index contributed by atoms with van der Waals surface area (Å²) in [7, 11) is 0. The third kappa shape index (κ3) is 5.42. The van der Waals surface area contributed by atoms with Crippen LogP contribution in [0.1, 0.15) is 21.5 Å². The second kappa shape index (κ2) is 8.87. The molecule has 0 spiro atoms. The molecule has 148 valence electrons. The minimum absolute atomic E-state index is 0.0777. The summed E-state index contributed by atoms with van der Waals surface area (Å²) in [4.78, 5) is 36.4. The maximum absolute atomic E-state index is 12.4. The van der Waals surface area contributed by atoms with Crippen molar-refractivity contribution in [2.24, 2.45) is 0 Å². The number of aryl methyl sites for hydroxylation is 2. The van der Waals surface area contributed by atoms with Crippen molar-refractivity contribution in [3.05, 3.63) is 92.3 Å². The van der Waals surface area contributed by atoms with Gasteiger partial charge in [-0.05, 0) is 67.4 Å². The van der Waals surface area contributed by atoms with Gasteiger partial charge in [-0.2, -0.15) is 0 Å². The Balaban J connectivity index is 1.62. The first-order valence-electron chi connectivity index (χ1n) is 8.96. The Bertz CT molecular complexity index is 1120. The molecule has 0 aliphatic rings. The number of carbonyl (C=O) groups is 2. The lowest BCUT2D eigenvalue weighted by molar-refractivity contribution is -0.116. The van der Waals surface area contributed by atoms with E-state index in [2.05, 4.69) is 26.6 Å². The Hall–Kier alpha value is -3.19. The first-order valence-corrected chi connectivity index (χ1v) is 9.75. The van der Waals surface area contributed by atoms with E-state index in [1.165, 1.54) is 10.6 Å². The fraction of sp³-hybridized carbons (Fsp3) is 0.136. The molecule has 0 radical (unpaired) electrons. The average Bonchev–Trinajstić information content (AvgIpc) is 2.68. The number of carbonyl (C=O) groups excluding carboxylic acids is 2. The van der Waals surface area contributed by atoms with Crippen LogP contribution in [0, 0.1) is 13.8 Å². The SMILES string of the molecule is Cc1ccc(=O)n(CC(=O)Nc2ccc(C(=O)Nc3ccc(Br)c(C)c3)cc2)c1. The van der Waals surface area contributed by atoms with Crippen molar-refractivity contribution in [1.82, 2.24) is 4.57 Å². The number of benzene rings is 2. The Morgan fingerprint density at radius 2 is 1.62 bits per heavy atom. The van der Waals surface area contributed by atoms with E-state index >= 15 is 0 Å². The minimum atomic E-state index is -0.319. The summed E-state index contributed by atoms with van der Waals surface area (Å²) in [5.74, 6) is -0.559. The molecule has 0 aliphatic carbocycles. The molecule has 29 heavy (non-hydrogen) atoms. The van der Waals surface area contributed by atoms with Crippen LogP contribution in [-0.4, -0.2) is 16.4 Å². The molecule has 2 N–H and O–H groups in total. The van der Waals surface area contributed by atoms with Crippen LogP contribution in [-0.2, 0) is 11.3 Å². The highest BCUT2D eigenvalue weighted by atomic mass is 79.9. The van der Waals surface area contributed by atoms with Crippen LogP contribution in [0.15, 0.2) is 70.1 Å². The van der Waals surface area contributed by atoms with E-state index in [4.69, 9.17) is 0 Å². The van der Waals surface area contributed by atoms with Crippen molar-refractivity contribution in [1.29, 1.82) is 0 Å². The van der Waals surface area contributed by atoms with Crippen molar-refractivity contribution in [2.45, 2.75) is 20.4 Å². The number of nitrogens with one attached hydrogen (secondary N) is 2. The van der Waals surface area contributed by atoms with Gasteiger partial charge in [0.25, 0.3) is 11.5 Å². The van der Waals surface area contributed by atoms with Crippen molar-refractivity contribution >= 4 is 39.1 Å². The van der Waals surface area contributed by atoms with Gasteiger partial charge >= 0.3 is 0 Å². The van der Waals surface area contributed by atoms with Gasteiger partial charge in [-0.3, -0.25) is 14.4 Å². The lowest BCUT2D eigenvalue weighted by atomic mass is 10.1. The number of hydrogen-bond acceptors (Lipinski definition) is 3. The highest BCUT2D eigenvalue weighted by molar-refractivity contribution is 9.10. The number of aromatic nitrogens is 1. The predicted molar refractivity (Wildman–Crippen MR) is 117 cm³/mol. The summed E-state index contributed by atoms with van der Waals surface area (Å²) < 4.78 is 2.33. The molecular weight excluding hydrogens is 434 g/mol. The van der Waals surface area contributed by atoms with Crippen molar-refractivity contribution < 1.29 is 9.59 Å². The van der Waals surface area contributed by atoms with Crippen LogP contribution >= 0.6 is 15.9 Å². The monoisotopic (exact) mass is 453 g/mol. The van der Waals surface area contributed by atoms with Crippen LogP contribution < -0.4 is 16.2 Å². The molecule has 6 nitrogen and oxygen atoms in total. The highest BCUT2D eigenvalue weighted by Gasteiger charge is 2.09. The first-order chi connectivity index (χ1) is 13.8. The Kier molecular flexibility index (Phi) is 6.29. The number of anilines is 2. The molecule has 0 atom stereocenters. The van der Waals surface area contributed by atoms with Gasteiger partial charge < -0.3 is 15.2 Å². The van der Waals surface area contributed by atoms with Crippen LogP contribution in [0.3, 0.4) is 0 Å². The maximum atomic E-state index is 12.4. The number of nitrogens with zero attached hydrogens (tertiary/aromatic N) is 1. The van der Waals surface area contributed by atoms with Crippen molar-refractivity contribution in [2.75, 3.05) is 10.6 Å². The molecule has 1 aromatic heterocycles. The van der Waals surface area contributed by atoms with Gasteiger partial charge in [-0.1, -0.05) is 22.0 Å². The molecule has 2 amide bonds. The number of rotatable bonds is 5. The Morgan fingerprint density at radius 1 is 0.931 bits per heavy atom. The molecular formula is C22H20BrN3O3. The van der Waals surface area contributed by atoms with E-state index in [1.807, 2.05) is 32.0 Å². The van der Waals surface area contributed by atoms with Gasteiger partial charge in [-0.25, -0.2) is 0 Å². The second-order valence-electron chi connectivity index (χ2n) is 6.72. The second-order valence-corrected chi connectivity index (χ2v) is 7.57. The molecule has 0 saturated heterocycles. The Labute approximate surface area is 176 Å². The highest BCUT2D eigenvalue weighted by Crippen LogP contribution is 2.20. The molecule has 0 saturated carbocycles. The zero-order valence-corrected chi connectivity index (χ0v) is 17.6. The van der Waals surface area contributed by atoms with E-state index in [0.29, 0.717) is 16.9 Å². The summed E-state index contributed by atoms with van der Waals surface area (Å²) in [5.41, 5.74) is 3.41. The Morgan fingerprint density at radius 3 is 2.31 bits per heavy atom. The van der Waals surface area contributed by atoms with E-state index in [9.17, 15) is 14.4 Å². The lowest BCUT2D eigenvalue weighted by Crippen LogP contribution is -2.26. The smallest absolute Gasteiger partial charge is 0.255 e. The van der Waals surface area contributed by atoms with Gasteiger partial charge in [0.1, 0.15) is 6.54 Å². The summed E-state index contributed by atoms with van der Waals surface area (Å²) in [6, 6.07) is 15.3. The van der Waals surface area contributed by atoms with E-state index < -0.39 is 0 Å². The summed E-state index contributed by atoms with van der Waals surface area (Å²) in [5, 5.41) is 5.58. The van der Waals surface area contributed by atoms with Crippen LogP contribution in [0.2, 0.25) is 0 Å². The van der Waals surface area contributed by atoms with Gasteiger partial charge in [0.15, 0.2) is 0 Å². The molecule has 3 rings (SSSR count). The van der Waals surface area contributed by atoms with Gasteiger partial charge in [-0.15, -0.1) is 0 Å². The third-order valence-corrected chi connectivity index (χ3v) is 5.18. The van der Waals surface area contributed by atoms with Gasteiger partial charge in [0, 0.05) is 33.7 Å². The number of pyridine rings is 1. The van der Waals surface area contributed by atoms with Crippen molar-refractivity contribution in [3.8, 4) is 0 Å². The lowest BCUT2D eigenvalue weighted by Gasteiger charge is -2.10.